The molecule has 2 amide bonds. The minimum Gasteiger partial charge on any atom is -0.480 e. The maximum atomic E-state index is 12.5. The summed E-state index contributed by atoms with van der Waals surface area (Å²) in [7, 11) is 0. The monoisotopic (exact) mass is 296 g/mol. The zero-order chi connectivity index (χ0) is 15.4. The Balaban J connectivity index is 2.02. The van der Waals surface area contributed by atoms with Crippen molar-refractivity contribution in [2.75, 3.05) is 6.54 Å². The number of fused-ring (bicyclic) bond motifs is 1. The summed E-state index contributed by atoms with van der Waals surface area (Å²) in [5, 5.41) is 12.1. The van der Waals surface area contributed by atoms with Gasteiger partial charge in [-0.1, -0.05) is 33.1 Å². The molecule has 0 aromatic heterocycles. The zero-order valence-corrected chi connectivity index (χ0v) is 13.2. The van der Waals surface area contributed by atoms with E-state index in [9.17, 15) is 14.7 Å². The van der Waals surface area contributed by atoms with E-state index in [0.29, 0.717) is 12.0 Å². The maximum absolute atomic E-state index is 12.5. The SMILES string of the molecule is CCC(C)C(NC(=O)N1CCC[C@H]2CCCC[C@H]21)C(=O)O. The van der Waals surface area contributed by atoms with Gasteiger partial charge in [0.15, 0.2) is 0 Å². The molecule has 21 heavy (non-hydrogen) atoms. The van der Waals surface area contributed by atoms with E-state index in [1.165, 1.54) is 25.7 Å². The van der Waals surface area contributed by atoms with Crippen molar-refractivity contribution in [2.45, 2.75) is 70.9 Å². The topological polar surface area (TPSA) is 69.6 Å². The van der Waals surface area contributed by atoms with Gasteiger partial charge in [0.25, 0.3) is 0 Å². The molecule has 1 saturated heterocycles. The highest BCUT2D eigenvalue weighted by atomic mass is 16.4. The van der Waals surface area contributed by atoms with E-state index in [4.69, 9.17) is 0 Å². The average Bonchev–Trinajstić information content (AvgIpc) is 2.50. The van der Waals surface area contributed by atoms with Crippen LogP contribution in [0.4, 0.5) is 4.79 Å². The van der Waals surface area contributed by atoms with Crippen LogP contribution in [0.25, 0.3) is 0 Å². The standard InChI is InChI=1S/C16H28N2O3/c1-3-11(2)14(15(19)20)17-16(21)18-10-6-8-12-7-4-5-9-13(12)18/h11-14H,3-10H2,1-2H3,(H,17,21)(H,19,20)/t11?,12-,13-,14?/m1/s1. The first-order valence-corrected chi connectivity index (χ1v) is 8.34. The molecule has 1 aliphatic heterocycles. The second-order valence-electron chi connectivity index (χ2n) is 6.60. The number of likely N-dealkylation sites (tertiary alicyclic amines) is 1. The fraction of sp³-hybridized carbons (Fsp3) is 0.875. The molecule has 5 nitrogen and oxygen atoms in total. The summed E-state index contributed by atoms with van der Waals surface area (Å²) in [5.41, 5.74) is 0. The van der Waals surface area contributed by atoms with Crippen molar-refractivity contribution < 1.29 is 14.7 Å². The first-order valence-electron chi connectivity index (χ1n) is 8.34. The molecule has 1 saturated carbocycles. The summed E-state index contributed by atoms with van der Waals surface area (Å²) >= 11 is 0. The summed E-state index contributed by atoms with van der Waals surface area (Å²) in [6.07, 6.45) is 7.71. The largest absolute Gasteiger partial charge is 0.480 e. The Labute approximate surface area is 127 Å². The quantitative estimate of drug-likeness (QED) is 0.838. The lowest BCUT2D eigenvalue weighted by atomic mass is 9.78. The Bertz CT molecular complexity index is 384. The van der Waals surface area contributed by atoms with Crippen molar-refractivity contribution in [3.63, 3.8) is 0 Å². The van der Waals surface area contributed by atoms with Gasteiger partial charge in [0.2, 0.25) is 0 Å². The van der Waals surface area contributed by atoms with Gasteiger partial charge in [-0.3, -0.25) is 0 Å². The fourth-order valence-electron chi connectivity index (χ4n) is 3.78. The van der Waals surface area contributed by atoms with Gasteiger partial charge in [-0.15, -0.1) is 0 Å². The van der Waals surface area contributed by atoms with Crippen molar-refractivity contribution in [1.29, 1.82) is 0 Å². The van der Waals surface area contributed by atoms with Crippen LogP contribution in [0.2, 0.25) is 0 Å². The first-order chi connectivity index (χ1) is 10.0. The van der Waals surface area contributed by atoms with Crippen LogP contribution in [0.3, 0.4) is 0 Å². The van der Waals surface area contributed by atoms with Crippen molar-refractivity contribution in [3.8, 4) is 0 Å². The number of nitrogens with zero attached hydrogens (tertiary/aromatic N) is 1. The van der Waals surface area contributed by atoms with Crippen LogP contribution >= 0.6 is 0 Å². The predicted octanol–water partition coefficient (Wildman–Crippen LogP) is 2.85. The van der Waals surface area contributed by atoms with Gasteiger partial charge in [0.1, 0.15) is 6.04 Å². The van der Waals surface area contributed by atoms with Crippen LogP contribution < -0.4 is 5.32 Å². The number of rotatable bonds is 4. The fourth-order valence-corrected chi connectivity index (χ4v) is 3.78. The minimum atomic E-state index is -0.935. The highest BCUT2D eigenvalue weighted by Crippen LogP contribution is 2.35. The number of carbonyl (C=O) groups is 2. The smallest absolute Gasteiger partial charge is 0.326 e. The number of carboxylic acid groups (broad SMARTS) is 1. The Morgan fingerprint density at radius 2 is 1.90 bits per heavy atom. The van der Waals surface area contributed by atoms with Crippen LogP contribution in [0.1, 0.15) is 58.8 Å². The van der Waals surface area contributed by atoms with Crippen LogP contribution in [-0.4, -0.2) is 40.6 Å². The highest BCUT2D eigenvalue weighted by molar-refractivity contribution is 5.83. The second-order valence-corrected chi connectivity index (χ2v) is 6.60. The van der Waals surface area contributed by atoms with Crippen LogP contribution in [-0.2, 0) is 4.79 Å². The number of urea groups is 1. The molecule has 2 aliphatic rings. The minimum absolute atomic E-state index is 0.0570. The van der Waals surface area contributed by atoms with E-state index < -0.39 is 12.0 Å². The van der Waals surface area contributed by atoms with Crippen molar-refractivity contribution >= 4 is 12.0 Å². The molecule has 0 spiro atoms. The lowest BCUT2D eigenvalue weighted by molar-refractivity contribution is -0.140. The molecule has 0 aromatic rings. The molecule has 2 unspecified atom stereocenters. The molecule has 0 radical (unpaired) electrons. The Morgan fingerprint density at radius 3 is 2.57 bits per heavy atom. The molecule has 1 aliphatic carbocycles. The van der Waals surface area contributed by atoms with E-state index in [1.54, 1.807) is 0 Å². The Hall–Kier alpha value is -1.26. The molecule has 2 N–H and O–H groups in total. The normalized spacial score (nSPS) is 28.4. The number of nitrogens with one attached hydrogen (secondary N) is 1. The summed E-state index contributed by atoms with van der Waals surface area (Å²) in [4.78, 5) is 25.8. The van der Waals surface area contributed by atoms with Crippen LogP contribution in [0, 0.1) is 11.8 Å². The lowest BCUT2D eigenvalue weighted by Gasteiger charge is -2.44. The molecular weight excluding hydrogens is 268 g/mol. The molecule has 2 rings (SSSR count). The van der Waals surface area contributed by atoms with Gasteiger partial charge < -0.3 is 15.3 Å². The van der Waals surface area contributed by atoms with E-state index in [1.807, 2.05) is 18.7 Å². The number of piperidine rings is 1. The van der Waals surface area contributed by atoms with Crippen molar-refractivity contribution in [2.24, 2.45) is 11.8 Å². The molecule has 5 heteroatoms. The van der Waals surface area contributed by atoms with E-state index in [-0.39, 0.29) is 11.9 Å². The number of carboxylic acids is 1. The first kappa shape index (κ1) is 16.1. The third kappa shape index (κ3) is 3.69. The lowest BCUT2D eigenvalue weighted by Crippen LogP contribution is -2.57. The summed E-state index contributed by atoms with van der Waals surface area (Å²) in [5.74, 6) is -0.376. The van der Waals surface area contributed by atoms with Crippen molar-refractivity contribution in [1.82, 2.24) is 10.2 Å². The number of carbonyl (C=O) groups excluding carboxylic acids is 1. The summed E-state index contributed by atoms with van der Waals surface area (Å²) in [6, 6.07) is -0.648. The van der Waals surface area contributed by atoms with Gasteiger partial charge in [-0.25, -0.2) is 9.59 Å². The van der Waals surface area contributed by atoms with Gasteiger partial charge in [0, 0.05) is 12.6 Å². The summed E-state index contributed by atoms with van der Waals surface area (Å²) in [6.45, 7) is 4.59. The number of hydrogen-bond donors (Lipinski definition) is 2. The van der Waals surface area contributed by atoms with Gasteiger partial charge >= 0.3 is 12.0 Å². The summed E-state index contributed by atoms with van der Waals surface area (Å²) < 4.78 is 0. The molecule has 0 aromatic carbocycles. The van der Waals surface area contributed by atoms with Crippen LogP contribution in [0.15, 0.2) is 0 Å². The average molecular weight is 296 g/mol. The van der Waals surface area contributed by atoms with Crippen LogP contribution in [0.5, 0.6) is 0 Å². The molecule has 1 heterocycles. The maximum Gasteiger partial charge on any atom is 0.326 e. The molecular formula is C16H28N2O3. The molecule has 0 bridgehead atoms. The highest BCUT2D eigenvalue weighted by Gasteiger charge is 2.37. The third-order valence-electron chi connectivity index (χ3n) is 5.26. The molecule has 2 fully saturated rings. The number of aliphatic carboxylic acids is 1. The Morgan fingerprint density at radius 1 is 1.24 bits per heavy atom. The zero-order valence-electron chi connectivity index (χ0n) is 13.2. The molecule has 4 atom stereocenters. The number of amides is 2. The number of hydrogen-bond acceptors (Lipinski definition) is 2. The molecule has 120 valence electrons. The van der Waals surface area contributed by atoms with E-state index in [0.717, 1.165) is 25.8 Å². The van der Waals surface area contributed by atoms with Gasteiger partial charge in [-0.05, 0) is 37.5 Å². The van der Waals surface area contributed by atoms with E-state index in [2.05, 4.69) is 5.32 Å². The predicted molar refractivity (Wildman–Crippen MR) is 81.1 cm³/mol. The third-order valence-corrected chi connectivity index (χ3v) is 5.26. The Kier molecular flexibility index (Phi) is 5.48. The second kappa shape index (κ2) is 7.14. The van der Waals surface area contributed by atoms with Crippen molar-refractivity contribution in [3.05, 3.63) is 0 Å². The van der Waals surface area contributed by atoms with Gasteiger partial charge in [0.05, 0.1) is 0 Å². The van der Waals surface area contributed by atoms with E-state index >= 15 is 0 Å². The van der Waals surface area contributed by atoms with Gasteiger partial charge in [-0.2, -0.15) is 0 Å².